The third-order valence-corrected chi connectivity index (χ3v) is 2.85. The Morgan fingerprint density at radius 1 is 1.60 bits per heavy atom. The zero-order valence-electron chi connectivity index (χ0n) is 8.65. The number of aliphatic hydroxyl groups is 1. The van der Waals surface area contributed by atoms with Crippen molar-refractivity contribution in [2.24, 2.45) is 5.92 Å². The Labute approximate surface area is 93.9 Å². The van der Waals surface area contributed by atoms with Gasteiger partial charge in [-0.1, -0.05) is 0 Å². The summed E-state index contributed by atoms with van der Waals surface area (Å²) in [5.41, 5.74) is 0.873. The van der Waals surface area contributed by atoms with E-state index in [1.807, 2.05) is 13.0 Å². The Morgan fingerprint density at radius 2 is 2.40 bits per heavy atom. The summed E-state index contributed by atoms with van der Waals surface area (Å²) in [4.78, 5) is 10.3. The van der Waals surface area contributed by atoms with E-state index >= 15 is 0 Å². The molecule has 4 nitrogen and oxygen atoms in total. The summed E-state index contributed by atoms with van der Waals surface area (Å²) in [5, 5.41) is 9.34. The number of aliphatic hydroxyl groups excluding tert-OH is 1. The summed E-state index contributed by atoms with van der Waals surface area (Å²) in [7, 11) is 0. The van der Waals surface area contributed by atoms with E-state index in [9.17, 15) is 0 Å². The maximum absolute atomic E-state index is 9.05. The molecule has 1 aliphatic heterocycles. The minimum Gasteiger partial charge on any atom is -0.396 e. The fraction of sp³-hybridized carbons (Fsp3) is 0.600. The van der Waals surface area contributed by atoms with E-state index < -0.39 is 0 Å². The van der Waals surface area contributed by atoms with Crippen molar-refractivity contribution in [1.29, 1.82) is 0 Å². The van der Waals surface area contributed by atoms with Crippen molar-refractivity contribution in [2.75, 3.05) is 24.6 Å². The zero-order chi connectivity index (χ0) is 10.8. The number of halogens is 1. The van der Waals surface area contributed by atoms with Crippen LogP contribution in [0.5, 0.6) is 0 Å². The van der Waals surface area contributed by atoms with E-state index in [-0.39, 0.29) is 11.9 Å². The van der Waals surface area contributed by atoms with Crippen LogP contribution in [0.3, 0.4) is 0 Å². The lowest BCUT2D eigenvalue weighted by Gasteiger charge is -2.17. The Bertz CT molecular complexity index is 338. The van der Waals surface area contributed by atoms with Gasteiger partial charge in [0.25, 0.3) is 0 Å². The molecule has 1 aliphatic rings. The molecule has 5 heteroatoms. The van der Waals surface area contributed by atoms with E-state index in [0.29, 0.717) is 5.92 Å². The molecule has 1 atom stereocenters. The predicted molar refractivity (Wildman–Crippen MR) is 59.2 cm³/mol. The van der Waals surface area contributed by atoms with Gasteiger partial charge < -0.3 is 10.0 Å². The number of hydrogen-bond donors (Lipinski definition) is 1. The van der Waals surface area contributed by atoms with Gasteiger partial charge in [0, 0.05) is 37.4 Å². The molecule has 1 aromatic heterocycles. The smallest absolute Gasteiger partial charge is 0.224 e. The molecule has 82 valence electrons. The van der Waals surface area contributed by atoms with E-state index in [2.05, 4.69) is 14.9 Å². The van der Waals surface area contributed by atoms with Crippen LogP contribution in [0.25, 0.3) is 0 Å². The largest absolute Gasteiger partial charge is 0.396 e. The molecule has 1 fully saturated rings. The maximum atomic E-state index is 9.05. The molecule has 0 radical (unpaired) electrons. The SMILES string of the molecule is Cc1cc(N2CC[C@H](CO)C2)nc(Cl)n1. The lowest BCUT2D eigenvalue weighted by molar-refractivity contribution is 0.238. The molecule has 0 spiro atoms. The van der Waals surface area contributed by atoms with Crippen molar-refractivity contribution < 1.29 is 5.11 Å². The van der Waals surface area contributed by atoms with Gasteiger partial charge in [-0.2, -0.15) is 0 Å². The first-order valence-corrected chi connectivity index (χ1v) is 5.44. The van der Waals surface area contributed by atoms with Crippen LogP contribution in [-0.2, 0) is 0 Å². The fourth-order valence-corrected chi connectivity index (χ4v) is 2.09. The topological polar surface area (TPSA) is 49.2 Å². The number of hydrogen-bond acceptors (Lipinski definition) is 4. The summed E-state index contributed by atoms with van der Waals surface area (Å²) >= 11 is 5.80. The summed E-state index contributed by atoms with van der Waals surface area (Å²) < 4.78 is 0. The summed E-state index contributed by atoms with van der Waals surface area (Å²) in [6, 6.07) is 1.92. The quantitative estimate of drug-likeness (QED) is 0.773. The lowest BCUT2D eigenvalue weighted by Crippen LogP contribution is -2.22. The Morgan fingerprint density at radius 3 is 3.00 bits per heavy atom. The van der Waals surface area contributed by atoms with Gasteiger partial charge in [0.15, 0.2) is 0 Å². The third-order valence-electron chi connectivity index (χ3n) is 2.68. The first-order valence-electron chi connectivity index (χ1n) is 5.06. The summed E-state index contributed by atoms with van der Waals surface area (Å²) in [6.45, 7) is 3.92. The van der Waals surface area contributed by atoms with Crippen LogP contribution in [0.1, 0.15) is 12.1 Å². The minimum absolute atomic E-state index is 0.244. The molecule has 0 unspecified atom stereocenters. The van der Waals surface area contributed by atoms with Gasteiger partial charge in [0.1, 0.15) is 5.82 Å². The number of anilines is 1. The van der Waals surface area contributed by atoms with Crippen LogP contribution in [0.15, 0.2) is 6.07 Å². The molecule has 1 saturated heterocycles. The number of rotatable bonds is 2. The van der Waals surface area contributed by atoms with Crippen LogP contribution in [0.2, 0.25) is 5.28 Å². The first-order chi connectivity index (χ1) is 7.19. The van der Waals surface area contributed by atoms with Gasteiger partial charge in [0.05, 0.1) is 0 Å². The van der Waals surface area contributed by atoms with Crippen molar-refractivity contribution in [3.63, 3.8) is 0 Å². The van der Waals surface area contributed by atoms with E-state index in [1.165, 1.54) is 0 Å². The van der Waals surface area contributed by atoms with E-state index in [4.69, 9.17) is 16.7 Å². The van der Waals surface area contributed by atoms with Crippen molar-refractivity contribution in [3.8, 4) is 0 Å². The molecule has 1 aromatic rings. The van der Waals surface area contributed by atoms with Crippen LogP contribution in [-0.4, -0.2) is 34.8 Å². The minimum atomic E-state index is 0.244. The number of aromatic nitrogens is 2. The van der Waals surface area contributed by atoms with Crippen LogP contribution < -0.4 is 4.90 Å². The standard InChI is InChI=1S/C10H14ClN3O/c1-7-4-9(13-10(11)12-7)14-3-2-8(5-14)6-15/h4,8,15H,2-3,5-6H2,1H3/t8-/m0/s1. The Kier molecular flexibility index (Phi) is 3.07. The highest BCUT2D eigenvalue weighted by Gasteiger charge is 2.23. The molecule has 0 aliphatic carbocycles. The van der Waals surface area contributed by atoms with Gasteiger partial charge in [-0.15, -0.1) is 0 Å². The van der Waals surface area contributed by atoms with Crippen molar-refractivity contribution >= 4 is 17.4 Å². The lowest BCUT2D eigenvalue weighted by atomic mass is 10.1. The van der Waals surface area contributed by atoms with Crippen LogP contribution >= 0.6 is 11.6 Å². The highest BCUT2D eigenvalue weighted by Crippen LogP contribution is 2.23. The van der Waals surface area contributed by atoms with Gasteiger partial charge in [-0.3, -0.25) is 0 Å². The monoisotopic (exact) mass is 227 g/mol. The number of aryl methyl sites for hydroxylation is 1. The third kappa shape index (κ3) is 2.38. The second kappa shape index (κ2) is 4.33. The highest BCUT2D eigenvalue weighted by atomic mass is 35.5. The molecule has 0 saturated carbocycles. The fourth-order valence-electron chi connectivity index (χ4n) is 1.87. The van der Waals surface area contributed by atoms with Crippen molar-refractivity contribution in [2.45, 2.75) is 13.3 Å². The zero-order valence-corrected chi connectivity index (χ0v) is 9.41. The number of nitrogens with zero attached hydrogens (tertiary/aromatic N) is 3. The second-order valence-corrected chi connectivity index (χ2v) is 4.26. The van der Waals surface area contributed by atoms with Crippen molar-refractivity contribution in [1.82, 2.24) is 9.97 Å². The second-order valence-electron chi connectivity index (χ2n) is 3.92. The molecule has 0 amide bonds. The predicted octanol–water partition coefficient (Wildman–Crippen LogP) is 1.26. The van der Waals surface area contributed by atoms with E-state index in [1.54, 1.807) is 0 Å². The summed E-state index contributed by atoms with van der Waals surface area (Å²) in [6.07, 6.45) is 1.01. The summed E-state index contributed by atoms with van der Waals surface area (Å²) in [5.74, 6) is 1.22. The van der Waals surface area contributed by atoms with E-state index in [0.717, 1.165) is 31.0 Å². The maximum Gasteiger partial charge on any atom is 0.224 e. The van der Waals surface area contributed by atoms with Gasteiger partial charge >= 0.3 is 0 Å². The molecule has 0 bridgehead atoms. The highest BCUT2D eigenvalue weighted by molar-refractivity contribution is 6.28. The molecule has 2 heterocycles. The van der Waals surface area contributed by atoms with Crippen molar-refractivity contribution in [3.05, 3.63) is 17.0 Å². The average Bonchev–Trinajstić information content (AvgIpc) is 2.64. The van der Waals surface area contributed by atoms with Gasteiger partial charge in [-0.05, 0) is 24.9 Å². The van der Waals surface area contributed by atoms with Gasteiger partial charge in [0.2, 0.25) is 5.28 Å². The molecule has 15 heavy (non-hydrogen) atoms. The average molecular weight is 228 g/mol. The normalized spacial score (nSPS) is 21.0. The van der Waals surface area contributed by atoms with Crippen LogP contribution in [0, 0.1) is 12.8 Å². The molecule has 0 aromatic carbocycles. The Balaban J connectivity index is 2.16. The molecule has 2 rings (SSSR count). The van der Waals surface area contributed by atoms with Gasteiger partial charge in [-0.25, -0.2) is 9.97 Å². The molecular weight excluding hydrogens is 214 g/mol. The molecular formula is C10H14ClN3O. The first kappa shape index (κ1) is 10.6. The van der Waals surface area contributed by atoms with Crippen LogP contribution in [0.4, 0.5) is 5.82 Å². The Hall–Kier alpha value is -0.870. The molecule has 1 N–H and O–H groups in total.